The highest BCUT2D eigenvalue weighted by Crippen LogP contribution is 2.50. The molecule has 8 aromatic rings. The molecular formula is C46H32N2O. The van der Waals surface area contributed by atoms with Crippen molar-refractivity contribution >= 4 is 44.9 Å². The zero-order valence-electron chi connectivity index (χ0n) is 26.8. The van der Waals surface area contributed by atoms with Gasteiger partial charge in [0.25, 0.3) is 0 Å². The smallest absolute Gasteiger partial charge is 0.138 e. The summed E-state index contributed by atoms with van der Waals surface area (Å²) in [4.78, 5) is 4.57. The van der Waals surface area contributed by atoms with Crippen LogP contribution in [0.3, 0.4) is 0 Å². The van der Waals surface area contributed by atoms with Gasteiger partial charge < -0.3 is 14.5 Å². The second-order valence-electron chi connectivity index (χ2n) is 12.2. The molecule has 0 spiro atoms. The third-order valence-corrected chi connectivity index (χ3v) is 9.19. The van der Waals surface area contributed by atoms with Crippen LogP contribution in [0.5, 0.6) is 11.5 Å². The quantitative estimate of drug-likeness (QED) is 0.175. The van der Waals surface area contributed by atoms with Crippen LogP contribution in [0.2, 0.25) is 0 Å². The summed E-state index contributed by atoms with van der Waals surface area (Å²) in [6.45, 7) is 0. The summed E-state index contributed by atoms with van der Waals surface area (Å²) in [6.07, 6.45) is 0. The number of hydrogen-bond donors (Lipinski definition) is 0. The van der Waals surface area contributed by atoms with E-state index in [9.17, 15) is 0 Å². The van der Waals surface area contributed by atoms with Crippen LogP contribution in [-0.4, -0.2) is 0 Å². The van der Waals surface area contributed by atoms with Crippen LogP contribution >= 0.6 is 0 Å². The highest BCUT2D eigenvalue weighted by molar-refractivity contribution is 6.06. The first-order valence-electron chi connectivity index (χ1n) is 16.6. The number of benzene rings is 8. The molecule has 3 heteroatoms. The van der Waals surface area contributed by atoms with Crippen LogP contribution in [0.1, 0.15) is 0 Å². The average Bonchev–Trinajstić information content (AvgIpc) is 3.17. The Balaban J connectivity index is 1.10. The molecule has 0 bridgehead atoms. The monoisotopic (exact) mass is 628 g/mol. The number of rotatable bonds is 7. The first kappa shape index (κ1) is 28.6. The molecule has 0 aromatic heterocycles. The fourth-order valence-corrected chi connectivity index (χ4v) is 6.94. The molecule has 1 heterocycles. The van der Waals surface area contributed by atoms with Gasteiger partial charge in [-0.15, -0.1) is 0 Å². The molecule has 0 unspecified atom stereocenters. The molecule has 0 saturated carbocycles. The van der Waals surface area contributed by atoms with E-state index in [0.717, 1.165) is 73.1 Å². The molecule has 1 aliphatic heterocycles. The Bertz CT molecular complexity index is 2310. The molecule has 9 rings (SSSR count). The van der Waals surface area contributed by atoms with E-state index in [-0.39, 0.29) is 0 Å². The zero-order chi connectivity index (χ0) is 32.6. The molecule has 0 saturated heterocycles. The van der Waals surface area contributed by atoms with Gasteiger partial charge in [-0.1, -0.05) is 109 Å². The minimum atomic E-state index is 0.864. The Morgan fingerprint density at radius 1 is 0.306 bits per heavy atom. The topological polar surface area (TPSA) is 15.7 Å². The van der Waals surface area contributed by atoms with E-state index in [4.69, 9.17) is 4.74 Å². The minimum Gasteiger partial charge on any atom is -0.456 e. The van der Waals surface area contributed by atoms with Crippen LogP contribution in [0, 0.1) is 0 Å². The number of hydrogen-bond acceptors (Lipinski definition) is 3. The number of anilines is 6. The number of nitrogens with zero attached hydrogens (tertiary/aromatic N) is 2. The molecule has 1 aliphatic rings. The van der Waals surface area contributed by atoms with E-state index in [1.165, 1.54) is 5.56 Å². The van der Waals surface area contributed by atoms with Crippen molar-refractivity contribution in [3.63, 3.8) is 0 Å². The van der Waals surface area contributed by atoms with E-state index in [1.54, 1.807) is 0 Å². The van der Waals surface area contributed by atoms with Gasteiger partial charge in [-0.05, 0) is 101 Å². The molecule has 0 N–H and O–H groups in total. The first-order chi connectivity index (χ1) is 24.3. The maximum absolute atomic E-state index is 6.72. The molecule has 0 amide bonds. The Morgan fingerprint density at radius 3 is 1.35 bits per heavy atom. The molecule has 0 atom stereocenters. The maximum Gasteiger partial charge on any atom is 0.138 e. The lowest BCUT2D eigenvalue weighted by molar-refractivity contribution is 0.487. The van der Waals surface area contributed by atoms with Crippen LogP contribution in [0.4, 0.5) is 34.1 Å². The van der Waals surface area contributed by atoms with E-state index < -0.39 is 0 Å². The van der Waals surface area contributed by atoms with Crippen molar-refractivity contribution in [1.82, 2.24) is 0 Å². The Labute approximate surface area is 286 Å². The third-order valence-electron chi connectivity index (χ3n) is 9.19. The van der Waals surface area contributed by atoms with Gasteiger partial charge >= 0.3 is 0 Å². The number of ether oxygens (including phenoxy) is 1. The SMILES string of the molecule is c1ccc(N(c2ccccc2)c2ccc(-c3ccc4c(c3)-c3cccc5cc(N(c6ccccc6)c6ccccc6)cc(c35)O4)cc2)cc1. The Hall–Kier alpha value is -6.58. The van der Waals surface area contributed by atoms with Gasteiger partial charge in [-0.2, -0.15) is 0 Å². The van der Waals surface area contributed by atoms with Gasteiger partial charge in [0.1, 0.15) is 11.5 Å². The lowest BCUT2D eigenvalue weighted by Crippen LogP contribution is -2.10. The van der Waals surface area contributed by atoms with Crippen molar-refractivity contribution in [3.05, 3.63) is 194 Å². The van der Waals surface area contributed by atoms with Crippen molar-refractivity contribution in [2.75, 3.05) is 9.80 Å². The van der Waals surface area contributed by atoms with Crippen LogP contribution < -0.4 is 14.5 Å². The van der Waals surface area contributed by atoms with E-state index in [0.29, 0.717) is 0 Å². The number of para-hydroxylation sites is 4. The van der Waals surface area contributed by atoms with E-state index in [1.807, 2.05) is 0 Å². The van der Waals surface area contributed by atoms with Gasteiger partial charge in [0.2, 0.25) is 0 Å². The van der Waals surface area contributed by atoms with Crippen LogP contribution in [0.25, 0.3) is 33.0 Å². The van der Waals surface area contributed by atoms with Gasteiger partial charge in [0, 0.05) is 45.5 Å². The summed E-state index contributed by atoms with van der Waals surface area (Å²) >= 11 is 0. The van der Waals surface area contributed by atoms with Gasteiger partial charge in [-0.25, -0.2) is 0 Å². The summed E-state index contributed by atoms with van der Waals surface area (Å²) in [5.74, 6) is 1.73. The summed E-state index contributed by atoms with van der Waals surface area (Å²) < 4.78 is 6.72. The highest BCUT2D eigenvalue weighted by atomic mass is 16.5. The second-order valence-corrected chi connectivity index (χ2v) is 12.2. The summed E-state index contributed by atoms with van der Waals surface area (Å²) in [5, 5.41) is 2.28. The lowest BCUT2D eigenvalue weighted by atomic mass is 9.92. The Morgan fingerprint density at radius 2 is 0.796 bits per heavy atom. The van der Waals surface area contributed by atoms with Crippen molar-refractivity contribution in [1.29, 1.82) is 0 Å². The predicted octanol–water partition coefficient (Wildman–Crippen LogP) is 13.2. The predicted molar refractivity (Wildman–Crippen MR) is 204 cm³/mol. The molecule has 3 nitrogen and oxygen atoms in total. The fourth-order valence-electron chi connectivity index (χ4n) is 6.94. The molecule has 0 fully saturated rings. The fraction of sp³-hybridized carbons (Fsp3) is 0. The first-order valence-corrected chi connectivity index (χ1v) is 16.6. The lowest BCUT2D eigenvalue weighted by Gasteiger charge is -2.28. The second kappa shape index (κ2) is 12.2. The van der Waals surface area contributed by atoms with Gasteiger partial charge in [0.15, 0.2) is 0 Å². The maximum atomic E-state index is 6.72. The van der Waals surface area contributed by atoms with Crippen molar-refractivity contribution in [2.24, 2.45) is 0 Å². The summed E-state index contributed by atoms with van der Waals surface area (Å²) in [5.41, 5.74) is 11.2. The zero-order valence-corrected chi connectivity index (χ0v) is 26.8. The molecule has 232 valence electrons. The third kappa shape index (κ3) is 5.28. The highest BCUT2D eigenvalue weighted by Gasteiger charge is 2.23. The van der Waals surface area contributed by atoms with E-state index >= 15 is 0 Å². The van der Waals surface area contributed by atoms with Crippen molar-refractivity contribution < 1.29 is 4.74 Å². The van der Waals surface area contributed by atoms with Crippen molar-refractivity contribution in [3.8, 4) is 33.8 Å². The van der Waals surface area contributed by atoms with Crippen molar-refractivity contribution in [2.45, 2.75) is 0 Å². The number of fused-ring (bicyclic) bond motifs is 2. The minimum absolute atomic E-state index is 0.864. The largest absolute Gasteiger partial charge is 0.456 e. The standard InChI is InChI=1S/C46H32N2O/c1-5-15-36(16-6-1)47(37-17-7-2-8-18-37)40-27-24-33(25-28-40)34-26-29-44-43(31-34)42-23-13-14-35-30-41(32-45(49-44)46(35)42)48(38-19-9-3-10-20-38)39-21-11-4-12-22-39/h1-32H. The average molecular weight is 629 g/mol. The molecule has 0 aliphatic carbocycles. The van der Waals surface area contributed by atoms with E-state index in [2.05, 4.69) is 204 Å². The molecule has 0 radical (unpaired) electrons. The summed E-state index contributed by atoms with van der Waals surface area (Å²) in [7, 11) is 0. The summed E-state index contributed by atoms with van der Waals surface area (Å²) in [6, 6.07) is 68.3. The van der Waals surface area contributed by atoms with Crippen LogP contribution in [0.15, 0.2) is 194 Å². The van der Waals surface area contributed by atoms with Gasteiger partial charge in [0.05, 0.1) is 5.69 Å². The molecular weight excluding hydrogens is 597 g/mol. The molecule has 8 aromatic carbocycles. The van der Waals surface area contributed by atoms with Gasteiger partial charge in [-0.3, -0.25) is 0 Å². The Kier molecular flexibility index (Phi) is 7.14. The molecule has 49 heavy (non-hydrogen) atoms. The van der Waals surface area contributed by atoms with Crippen LogP contribution in [-0.2, 0) is 0 Å². The normalized spacial score (nSPS) is 11.4.